The highest BCUT2D eigenvalue weighted by atomic mass is 79.9. The second kappa shape index (κ2) is 6.36. The van der Waals surface area contributed by atoms with Gasteiger partial charge in [0.15, 0.2) is 0 Å². The molecule has 0 saturated heterocycles. The molecule has 0 aromatic heterocycles. The Labute approximate surface area is 119 Å². The van der Waals surface area contributed by atoms with Crippen molar-refractivity contribution in [2.24, 2.45) is 0 Å². The minimum absolute atomic E-state index is 0.0556. The highest BCUT2D eigenvalue weighted by molar-refractivity contribution is 9.10. The molecule has 1 rings (SSSR count). The van der Waals surface area contributed by atoms with Gasteiger partial charge in [0.1, 0.15) is 17.1 Å². The molecule has 19 heavy (non-hydrogen) atoms. The molecule has 0 saturated carbocycles. The molecule has 0 aliphatic carbocycles. The number of halogens is 1. The zero-order chi connectivity index (χ0) is 14.6. The smallest absolute Gasteiger partial charge is 0.342 e. The van der Waals surface area contributed by atoms with Crippen molar-refractivity contribution in [3.05, 3.63) is 27.7 Å². The van der Waals surface area contributed by atoms with Crippen molar-refractivity contribution >= 4 is 32.0 Å². The van der Waals surface area contributed by atoms with E-state index in [4.69, 9.17) is 4.74 Å². The Kier molecular flexibility index (Phi) is 5.33. The molecular formula is C11H13BrO6S. The fourth-order valence-corrected chi connectivity index (χ4v) is 2.72. The van der Waals surface area contributed by atoms with Gasteiger partial charge in [-0.05, 0) is 27.6 Å². The summed E-state index contributed by atoms with van der Waals surface area (Å²) in [7, 11) is -0.113. The van der Waals surface area contributed by atoms with Gasteiger partial charge in [-0.1, -0.05) is 6.07 Å². The van der Waals surface area contributed by atoms with Crippen LogP contribution in [0.2, 0.25) is 0 Å². The normalized spacial score (nSPS) is 11.2. The summed E-state index contributed by atoms with van der Waals surface area (Å²) in [4.78, 5) is 11.8. The monoisotopic (exact) mass is 352 g/mol. The van der Waals surface area contributed by atoms with Crippen LogP contribution in [0.15, 0.2) is 16.6 Å². The van der Waals surface area contributed by atoms with E-state index >= 15 is 0 Å². The topological polar surface area (TPSA) is 78.9 Å². The predicted molar refractivity (Wildman–Crippen MR) is 71.7 cm³/mol. The third kappa shape index (κ3) is 3.68. The van der Waals surface area contributed by atoms with Gasteiger partial charge in [-0.15, -0.1) is 0 Å². The van der Waals surface area contributed by atoms with Gasteiger partial charge in [-0.25, -0.2) is 4.79 Å². The Morgan fingerprint density at radius 2 is 1.89 bits per heavy atom. The van der Waals surface area contributed by atoms with Crippen molar-refractivity contribution in [3.63, 3.8) is 0 Å². The first-order valence-corrected chi connectivity index (χ1v) is 7.45. The first kappa shape index (κ1) is 15.9. The minimum atomic E-state index is -3.75. The lowest BCUT2D eigenvalue weighted by atomic mass is 10.1. The lowest BCUT2D eigenvalue weighted by molar-refractivity contribution is 0.0596. The van der Waals surface area contributed by atoms with Gasteiger partial charge < -0.3 is 9.47 Å². The van der Waals surface area contributed by atoms with Crippen LogP contribution in [0.25, 0.3) is 0 Å². The largest absolute Gasteiger partial charge is 0.495 e. The Morgan fingerprint density at radius 1 is 1.26 bits per heavy atom. The molecule has 0 atom stereocenters. The van der Waals surface area contributed by atoms with Gasteiger partial charge in [0.2, 0.25) is 0 Å². The first-order chi connectivity index (χ1) is 8.86. The van der Waals surface area contributed by atoms with E-state index in [1.165, 1.54) is 20.3 Å². The summed E-state index contributed by atoms with van der Waals surface area (Å²) in [5, 5.41) is 0. The van der Waals surface area contributed by atoms with Crippen molar-refractivity contribution in [3.8, 4) is 5.75 Å². The van der Waals surface area contributed by atoms with Crippen molar-refractivity contribution in [2.45, 2.75) is 5.75 Å². The number of methoxy groups -OCH3 is 2. The van der Waals surface area contributed by atoms with Crippen LogP contribution >= 0.6 is 15.9 Å². The molecule has 0 bridgehead atoms. The van der Waals surface area contributed by atoms with Gasteiger partial charge >= 0.3 is 5.97 Å². The highest BCUT2D eigenvalue weighted by Gasteiger charge is 2.24. The van der Waals surface area contributed by atoms with Crippen LogP contribution in [0, 0.1) is 0 Å². The van der Waals surface area contributed by atoms with Gasteiger partial charge in [0, 0.05) is 0 Å². The number of hydrogen-bond acceptors (Lipinski definition) is 6. The van der Waals surface area contributed by atoms with E-state index in [1.54, 1.807) is 6.07 Å². The molecule has 0 fully saturated rings. The maximum Gasteiger partial charge on any atom is 0.342 e. The van der Waals surface area contributed by atoms with E-state index in [9.17, 15) is 13.2 Å². The molecule has 1 aromatic rings. The summed E-state index contributed by atoms with van der Waals surface area (Å²) < 4.78 is 37.6. The van der Waals surface area contributed by atoms with Crippen LogP contribution in [0.4, 0.5) is 0 Å². The van der Waals surface area contributed by atoms with Crippen LogP contribution in [0.5, 0.6) is 5.75 Å². The number of rotatable bonds is 5. The number of esters is 1. The number of carbonyl (C=O) groups is 1. The average molecular weight is 353 g/mol. The standard InChI is InChI=1S/C11H13BrO6S/c1-16-10-8(12)5-4-7(6-19(14,15)18-3)9(10)11(13)17-2/h4-5H,6H2,1-3H3. The minimum Gasteiger partial charge on any atom is -0.495 e. The number of benzene rings is 1. The molecule has 0 radical (unpaired) electrons. The van der Waals surface area contributed by atoms with Crippen LogP contribution in [0.3, 0.4) is 0 Å². The van der Waals surface area contributed by atoms with E-state index in [0.717, 1.165) is 7.11 Å². The fraction of sp³-hybridized carbons (Fsp3) is 0.364. The van der Waals surface area contributed by atoms with Crippen LogP contribution in [-0.4, -0.2) is 35.7 Å². The molecule has 106 valence electrons. The van der Waals surface area contributed by atoms with E-state index < -0.39 is 21.8 Å². The molecule has 8 heteroatoms. The molecule has 1 aromatic carbocycles. The Bertz CT molecular complexity index is 581. The molecule has 0 aliphatic rings. The van der Waals surface area contributed by atoms with Gasteiger partial charge in [0.05, 0.1) is 25.8 Å². The Hall–Kier alpha value is -1.12. The first-order valence-electron chi connectivity index (χ1n) is 5.08. The third-order valence-electron chi connectivity index (χ3n) is 2.38. The summed E-state index contributed by atoms with van der Waals surface area (Å²) in [6.45, 7) is 0. The second-order valence-corrected chi connectivity index (χ2v) is 6.07. The lowest BCUT2D eigenvalue weighted by Crippen LogP contribution is -2.13. The molecule has 6 nitrogen and oxygen atoms in total. The molecule has 0 unspecified atom stereocenters. The molecule has 0 aliphatic heterocycles. The van der Waals surface area contributed by atoms with Crippen LogP contribution in [0.1, 0.15) is 15.9 Å². The van der Waals surface area contributed by atoms with E-state index in [0.29, 0.717) is 4.47 Å². The molecule has 0 amide bonds. The van der Waals surface area contributed by atoms with E-state index in [-0.39, 0.29) is 16.9 Å². The Balaban J connectivity index is 3.44. The zero-order valence-corrected chi connectivity index (χ0v) is 13.0. The maximum absolute atomic E-state index is 11.8. The third-order valence-corrected chi connectivity index (χ3v) is 4.17. The summed E-state index contributed by atoms with van der Waals surface area (Å²) in [5.74, 6) is -0.910. The van der Waals surface area contributed by atoms with Crippen molar-refractivity contribution in [2.75, 3.05) is 21.3 Å². The molecule has 0 heterocycles. The van der Waals surface area contributed by atoms with Crippen molar-refractivity contribution in [1.82, 2.24) is 0 Å². The summed E-state index contributed by atoms with van der Waals surface area (Å²) in [5.41, 5.74) is 0.300. The fourth-order valence-electron chi connectivity index (χ4n) is 1.49. The van der Waals surface area contributed by atoms with Crippen molar-refractivity contribution in [1.29, 1.82) is 0 Å². The van der Waals surface area contributed by atoms with Crippen LogP contribution < -0.4 is 4.74 Å². The number of ether oxygens (including phenoxy) is 2. The van der Waals surface area contributed by atoms with Crippen molar-refractivity contribution < 1.29 is 26.9 Å². The average Bonchev–Trinajstić information content (AvgIpc) is 2.39. The molecule has 0 N–H and O–H groups in total. The lowest BCUT2D eigenvalue weighted by Gasteiger charge is -2.13. The quantitative estimate of drug-likeness (QED) is 0.593. The SMILES string of the molecule is COC(=O)c1c(CS(=O)(=O)OC)ccc(Br)c1OC. The summed E-state index contributed by atoms with van der Waals surface area (Å²) in [6, 6.07) is 3.08. The molecule has 0 spiro atoms. The van der Waals surface area contributed by atoms with E-state index in [2.05, 4.69) is 24.8 Å². The predicted octanol–water partition coefficient (Wildman–Crippen LogP) is 1.72. The number of hydrogen-bond donors (Lipinski definition) is 0. The summed E-state index contributed by atoms with van der Waals surface area (Å²) >= 11 is 3.22. The Morgan fingerprint density at radius 3 is 2.37 bits per heavy atom. The van der Waals surface area contributed by atoms with Crippen LogP contribution in [-0.2, 0) is 24.8 Å². The van der Waals surface area contributed by atoms with Gasteiger partial charge in [-0.2, -0.15) is 8.42 Å². The van der Waals surface area contributed by atoms with Gasteiger partial charge in [-0.3, -0.25) is 4.18 Å². The second-order valence-electron chi connectivity index (χ2n) is 3.48. The zero-order valence-electron chi connectivity index (χ0n) is 10.6. The highest BCUT2D eigenvalue weighted by Crippen LogP contribution is 2.33. The van der Waals surface area contributed by atoms with Gasteiger partial charge in [0.25, 0.3) is 10.1 Å². The maximum atomic E-state index is 11.8. The number of carbonyl (C=O) groups excluding carboxylic acids is 1. The van der Waals surface area contributed by atoms with E-state index in [1.807, 2.05) is 0 Å². The summed E-state index contributed by atoms with van der Waals surface area (Å²) in [6.07, 6.45) is 0. The molecular weight excluding hydrogens is 340 g/mol.